The van der Waals surface area contributed by atoms with Gasteiger partial charge in [-0.2, -0.15) is 0 Å². The van der Waals surface area contributed by atoms with Crippen molar-refractivity contribution in [3.8, 4) is 0 Å². The molecule has 0 aliphatic rings. The number of allylic oxidation sites excluding steroid dienone is 3. The third-order valence-electron chi connectivity index (χ3n) is 3.19. The van der Waals surface area contributed by atoms with Crippen molar-refractivity contribution in [2.75, 3.05) is 14.1 Å². The molecule has 0 radical (unpaired) electrons. The molecule has 19 heavy (non-hydrogen) atoms. The van der Waals surface area contributed by atoms with Crippen LogP contribution in [0.4, 0.5) is 0 Å². The molecule has 0 N–H and O–H groups in total. The number of nitrogens with zero attached hydrogens (tertiary/aromatic N) is 1. The molecule has 1 atom stereocenters. The van der Waals surface area contributed by atoms with Crippen LogP contribution in [0.5, 0.6) is 0 Å². The Hall–Kier alpha value is -1.05. The first-order valence-corrected chi connectivity index (χ1v) is 7.39. The SMILES string of the molecule is CC(C=CCC(C)CCCC(C)C)=CC(=O)N(C)C. The molecule has 0 aromatic rings. The van der Waals surface area contributed by atoms with Gasteiger partial charge in [-0.3, -0.25) is 4.79 Å². The zero-order valence-corrected chi connectivity index (χ0v) is 13.6. The van der Waals surface area contributed by atoms with Crippen LogP contribution in [0, 0.1) is 11.8 Å². The van der Waals surface area contributed by atoms with E-state index in [1.807, 2.05) is 6.92 Å². The van der Waals surface area contributed by atoms with Gasteiger partial charge in [0.2, 0.25) is 5.91 Å². The Kier molecular flexibility index (Phi) is 9.28. The predicted octanol–water partition coefficient (Wildman–Crippen LogP) is 4.43. The first kappa shape index (κ1) is 17.9. The molecule has 2 heteroatoms. The van der Waals surface area contributed by atoms with Crippen LogP contribution < -0.4 is 0 Å². The number of likely N-dealkylation sites (N-methyl/N-ethyl adjacent to an activating group) is 1. The van der Waals surface area contributed by atoms with Gasteiger partial charge in [0.05, 0.1) is 0 Å². The summed E-state index contributed by atoms with van der Waals surface area (Å²) in [4.78, 5) is 13.1. The third-order valence-corrected chi connectivity index (χ3v) is 3.19. The molecule has 0 aromatic heterocycles. The van der Waals surface area contributed by atoms with Gasteiger partial charge in [0.1, 0.15) is 0 Å². The van der Waals surface area contributed by atoms with Gasteiger partial charge >= 0.3 is 0 Å². The van der Waals surface area contributed by atoms with E-state index >= 15 is 0 Å². The summed E-state index contributed by atoms with van der Waals surface area (Å²) in [5.74, 6) is 1.59. The molecular weight excluding hydrogens is 234 g/mol. The van der Waals surface area contributed by atoms with E-state index in [0.717, 1.165) is 23.8 Å². The maximum absolute atomic E-state index is 11.5. The minimum atomic E-state index is 0.0483. The summed E-state index contributed by atoms with van der Waals surface area (Å²) in [5, 5.41) is 0. The van der Waals surface area contributed by atoms with Gasteiger partial charge in [0.25, 0.3) is 0 Å². The van der Waals surface area contributed by atoms with Crippen molar-refractivity contribution in [3.63, 3.8) is 0 Å². The highest BCUT2D eigenvalue weighted by Crippen LogP contribution is 2.15. The third kappa shape index (κ3) is 10.5. The van der Waals surface area contributed by atoms with E-state index in [1.54, 1.807) is 25.1 Å². The highest BCUT2D eigenvalue weighted by molar-refractivity contribution is 5.88. The Bertz CT molecular complexity index is 313. The van der Waals surface area contributed by atoms with E-state index in [0.29, 0.717) is 0 Å². The molecule has 0 aliphatic heterocycles. The fourth-order valence-electron chi connectivity index (χ4n) is 1.85. The van der Waals surface area contributed by atoms with Crippen LogP contribution >= 0.6 is 0 Å². The van der Waals surface area contributed by atoms with Crippen molar-refractivity contribution in [3.05, 3.63) is 23.8 Å². The van der Waals surface area contributed by atoms with Crippen LogP contribution in [-0.2, 0) is 4.79 Å². The predicted molar refractivity (Wildman–Crippen MR) is 84.1 cm³/mol. The summed E-state index contributed by atoms with van der Waals surface area (Å²) < 4.78 is 0. The Morgan fingerprint density at radius 1 is 1.16 bits per heavy atom. The molecule has 0 saturated carbocycles. The minimum absolute atomic E-state index is 0.0483. The van der Waals surface area contributed by atoms with Crippen LogP contribution in [-0.4, -0.2) is 24.9 Å². The molecule has 1 amide bonds. The number of amides is 1. The van der Waals surface area contributed by atoms with E-state index in [4.69, 9.17) is 0 Å². The quantitative estimate of drug-likeness (QED) is 0.469. The lowest BCUT2D eigenvalue weighted by Crippen LogP contribution is -2.19. The lowest BCUT2D eigenvalue weighted by atomic mass is 9.97. The normalized spacial score (nSPS) is 14.2. The molecule has 0 bridgehead atoms. The van der Waals surface area contributed by atoms with Crippen LogP contribution in [0.3, 0.4) is 0 Å². The number of hydrogen-bond acceptors (Lipinski definition) is 1. The molecule has 0 aliphatic carbocycles. The largest absolute Gasteiger partial charge is 0.345 e. The highest BCUT2D eigenvalue weighted by atomic mass is 16.2. The number of carbonyl (C=O) groups excluding carboxylic acids is 1. The number of hydrogen-bond donors (Lipinski definition) is 0. The molecule has 1 unspecified atom stereocenters. The average Bonchev–Trinajstić information content (AvgIpc) is 2.28. The second-order valence-electron chi connectivity index (χ2n) is 6.19. The van der Waals surface area contributed by atoms with Gasteiger partial charge in [0.15, 0.2) is 0 Å². The molecule has 2 nitrogen and oxygen atoms in total. The van der Waals surface area contributed by atoms with E-state index < -0.39 is 0 Å². The van der Waals surface area contributed by atoms with Crippen LogP contribution in [0.25, 0.3) is 0 Å². The lowest BCUT2D eigenvalue weighted by molar-refractivity contribution is -0.123. The maximum atomic E-state index is 11.5. The first-order chi connectivity index (χ1) is 8.82. The summed E-state index contributed by atoms with van der Waals surface area (Å²) in [6.07, 6.45) is 11.0. The summed E-state index contributed by atoms with van der Waals surface area (Å²) in [6, 6.07) is 0. The summed E-state index contributed by atoms with van der Waals surface area (Å²) in [5.41, 5.74) is 1.02. The van der Waals surface area contributed by atoms with Crippen molar-refractivity contribution in [1.29, 1.82) is 0 Å². The topological polar surface area (TPSA) is 20.3 Å². The molecule has 0 rings (SSSR count). The summed E-state index contributed by atoms with van der Waals surface area (Å²) in [6.45, 7) is 8.83. The Morgan fingerprint density at radius 2 is 1.79 bits per heavy atom. The number of rotatable bonds is 8. The summed E-state index contributed by atoms with van der Waals surface area (Å²) in [7, 11) is 3.54. The smallest absolute Gasteiger partial charge is 0.246 e. The maximum Gasteiger partial charge on any atom is 0.246 e. The standard InChI is InChI=1S/C17H31NO/c1-14(2)9-7-10-15(3)11-8-12-16(4)13-17(19)18(5)6/h8,12-15H,7,9-11H2,1-6H3. The van der Waals surface area contributed by atoms with Gasteiger partial charge in [-0.25, -0.2) is 0 Å². The van der Waals surface area contributed by atoms with Gasteiger partial charge in [-0.05, 0) is 30.8 Å². The highest BCUT2D eigenvalue weighted by Gasteiger charge is 2.01. The van der Waals surface area contributed by atoms with E-state index in [9.17, 15) is 4.79 Å². The Labute approximate surface area is 119 Å². The summed E-state index contributed by atoms with van der Waals surface area (Å²) >= 11 is 0. The minimum Gasteiger partial charge on any atom is -0.345 e. The Morgan fingerprint density at radius 3 is 2.32 bits per heavy atom. The van der Waals surface area contributed by atoms with Crippen molar-refractivity contribution in [2.45, 2.75) is 53.4 Å². The average molecular weight is 265 g/mol. The molecule has 0 fully saturated rings. The van der Waals surface area contributed by atoms with Crippen molar-refractivity contribution >= 4 is 5.91 Å². The zero-order valence-electron chi connectivity index (χ0n) is 13.6. The fraction of sp³-hybridized carbons (Fsp3) is 0.706. The first-order valence-electron chi connectivity index (χ1n) is 7.39. The van der Waals surface area contributed by atoms with Crippen molar-refractivity contribution < 1.29 is 4.79 Å². The Balaban J connectivity index is 3.97. The monoisotopic (exact) mass is 265 g/mol. The molecule has 0 heterocycles. The van der Waals surface area contributed by atoms with E-state index in [-0.39, 0.29) is 5.91 Å². The van der Waals surface area contributed by atoms with E-state index in [2.05, 4.69) is 32.9 Å². The van der Waals surface area contributed by atoms with Gasteiger partial charge in [-0.1, -0.05) is 52.2 Å². The molecule has 0 saturated heterocycles. The van der Waals surface area contributed by atoms with Crippen LogP contribution in [0.2, 0.25) is 0 Å². The van der Waals surface area contributed by atoms with Crippen LogP contribution in [0.1, 0.15) is 53.4 Å². The number of carbonyl (C=O) groups is 1. The second-order valence-corrected chi connectivity index (χ2v) is 6.19. The van der Waals surface area contributed by atoms with Gasteiger partial charge < -0.3 is 4.90 Å². The van der Waals surface area contributed by atoms with E-state index in [1.165, 1.54) is 19.3 Å². The molecule has 0 spiro atoms. The second kappa shape index (κ2) is 9.82. The fourth-order valence-corrected chi connectivity index (χ4v) is 1.85. The molecule has 0 aromatic carbocycles. The van der Waals surface area contributed by atoms with Crippen molar-refractivity contribution in [1.82, 2.24) is 4.90 Å². The molecule has 110 valence electrons. The molecular formula is C17H31NO. The van der Waals surface area contributed by atoms with Gasteiger partial charge in [0, 0.05) is 20.2 Å². The lowest BCUT2D eigenvalue weighted by Gasteiger charge is -2.10. The van der Waals surface area contributed by atoms with Crippen molar-refractivity contribution in [2.24, 2.45) is 11.8 Å². The van der Waals surface area contributed by atoms with Gasteiger partial charge in [-0.15, -0.1) is 0 Å². The van der Waals surface area contributed by atoms with Crippen LogP contribution in [0.15, 0.2) is 23.8 Å². The zero-order chi connectivity index (χ0) is 14.8.